The number of carbonyl (C=O) groups is 2. The molecule has 0 saturated carbocycles. The maximum Gasteiger partial charge on any atom is 0.335 e. The Morgan fingerprint density at radius 3 is 2.52 bits per heavy atom. The Kier molecular flexibility index (Phi) is 5.86. The van der Waals surface area contributed by atoms with Crippen LogP contribution in [0.2, 0.25) is 0 Å². The van der Waals surface area contributed by atoms with Crippen molar-refractivity contribution in [3.8, 4) is 0 Å². The Morgan fingerprint density at radius 2 is 1.95 bits per heavy atom. The van der Waals surface area contributed by atoms with Gasteiger partial charge in [-0.3, -0.25) is 4.79 Å². The van der Waals surface area contributed by atoms with Gasteiger partial charge in [0, 0.05) is 6.54 Å². The first-order valence-electron chi connectivity index (χ1n) is 6.17. The molecule has 0 saturated heterocycles. The molecule has 1 atom stereocenters. The summed E-state index contributed by atoms with van der Waals surface area (Å²) in [6.45, 7) is 1.22. The lowest BCUT2D eigenvalue weighted by atomic mass is 10.1. The fourth-order valence-electron chi connectivity index (χ4n) is 1.69. The van der Waals surface area contributed by atoms with Crippen LogP contribution < -0.4 is 4.72 Å². The zero-order valence-electron chi connectivity index (χ0n) is 11.7. The lowest BCUT2D eigenvalue weighted by Gasteiger charge is -2.12. The first-order valence-corrected chi connectivity index (χ1v) is 7.71. The van der Waals surface area contributed by atoms with E-state index in [0.29, 0.717) is 5.56 Å². The summed E-state index contributed by atoms with van der Waals surface area (Å²) in [6.07, 6.45) is 0.204. The third kappa shape index (κ3) is 4.54. The molecule has 1 aromatic carbocycles. The number of esters is 1. The minimum Gasteiger partial charge on any atom is -0.478 e. The Bertz CT molecular complexity index is 625. The average molecular weight is 315 g/mol. The summed E-state index contributed by atoms with van der Waals surface area (Å²) in [7, 11) is -2.74. The molecule has 0 aliphatic carbocycles. The number of aromatic carboxylic acids is 1. The van der Waals surface area contributed by atoms with Crippen LogP contribution >= 0.6 is 0 Å². The van der Waals surface area contributed by atoms with Crippen molar-refractivity contribution in [2.75, 3.05) is 13.7 Å². The predicted molar refractivity (Wildman–Crippen MR) is 75.5 cm³/mol. The van der Waals surface area contributed by atoms with Crippen molar-refractivity contribution >= 4 is 22.0 Å². The highest BCUT2D eigenvalue weighted by molar-refractivity contribution is 7.90. The van der Waals surface area contributed by atoms with Crippen molar-refractivity contribution in [3.05, 3.63) is 35.4 Å². The van der Waals surface area contributed by atoms with Crippen molar-refractivity contribution in [1.82, 2.24) is 4.72 Å². The number of carboxylic acids is 1. The molecule has 0 aliphatic heterocycles. The smallest absolute Gasteiger partial charge is 0.335 e. The molecule has 0 aliphatic rings. The second kappa shape index (κ2) is 7.19. The second-order valence-electron chi connectivity index (χ2n) is 4.32. The molecule has 8 heteroatoms. The molecule has 2 N–H and O–H groups in total. The van der Waals surface area contributed by atoms with Gasteiger partial charge in [0.25, 0.3) is 0 Å². The fourth-order valence-corrected chi connectivity index (χ4v) is 2.68. The third-order valence-electron chi connectivity index (χ3n) is 2.94. The normalized spacial score (nSPS) is 12.7. The summed E-state index contributed by atoms with van der Waals surface area (Å²) >= 11 is 0. The van der Waals surface area contributed by atoms with Crippen LogP contribution in [0.25, 0.3) is 0 Å². The number of nitrogens with one attached hydrogen (secondary N) is 1. The van der Waals surface area contributed by atoms with Crippen molar-refractivity contribution in [2.45, 2.75) is 18.6 Å². The summed E-state index contributed by atoms with van der Waals surface area (Å²) in [5, 5.41) is 7.70. The Hall–Kier alpha value is -1.93. The predicted octanol–water partition coefficient (Wildman–Crippen LogP) is 0.408. The van der Waals surface area contributed by atoms with Crippen LogP contribution in [0.5, 0.6) is 0 Å². The zero-order valence-corrected chi connectivity index (χ0v) is 12.5. The average Bonchev–Trinajstić information content (AvgIpc) is 2.45. The monoisotopic (exact) mass is 315 g/mol. The molecule has 0 amide bonds. The minimum absolute atomic E-state index is 0.00599. The molecule has 116 valence electrons. The molecular weight excluding hydrogens is 298 g/mol. The summed E-state index contributed by atoms with van der Waals surface area (Å²) in [4.78, 5) is 22.2. The SMILES string of the molecule is COC(=O)C(C)S(=O)(=O)NCCc1ccccc1C(=O)O. The van der Waals surface area contributed by atoms with Crippen LogP contribution in [0.3, 0.4) is 0 Å². The van der Waals surface area contributed by atoms with Crippen molar-refractivity contribution < 1.29 is 27.9 Å². The molecule has 0 aromatic heterocycles. The molecule has 0 heterocycles. The highest BCUT2D eigenvalue weighted by atomic mass is 32.2. The van der Waals surface area contributed by atoms with Gasteiger partial charge >= 0.3 is 11.9 Å². The Balaban J connectivity index is 2.70. The lowest BCUT2D eigenvalue weighted by molar-refractivity contribution is -0.139. The van der Waals surface area contributed by atoms with Crippen LogP contribution in [0, 0.1) is 0 Å². The summed E-state index contributed by atoms with van der Waals surface area (Å²) in [5.74, 6) is -1.93. The second-order valence-corrected chi connectivity index (χ2v) is 6.40. The maximum absolute atomic E-state index is 11.8. The van der Waals surface area contributed by atoms with Crippen LogP contribution in [0.4, 0.5) is 0 Å². The summed E-state index contributed by atoms with van der Waals surface area (Å²) < 4.78 is 30.3. The van der Waals surface area contributed by atoms with Gasteiger partial charge in [0.15, 0.2) is 5.25 Å². The number of carboxylic acid groups (broad SMARTS) is 1. The molecule has 1 rings (SSSR count). The van der Waals surface area contributed by atoms with E-state index in [0.717, 1.165) is 7.11 Å². The van der Waals surface area contributed by atoms with Gasteiger partial charge in [-0.1, -0.05) is 18.2 Å². The minimum atomic E-state index is -3.85. The number of benzene rings is 1. The number of carbonyl (C=O) groups excluding carboxylic acids is 1. The lowest BCUT2D eigenvalue weighted by Crippen LogP contribution is -2.39. The molecule has 0 fully saturated rings. The van der Waals surface area contributed by atoms with E-state index in [1.807, 2.05) is 0 Å². The molecular formula is C13H17NO6S. The first-order chi connectivity index (χ1) is 9.79. The molecule has 0 spiro atoms. The van der Waals surface area contributed by atoms with E-state index in [9.17, 15) is 18.0 Å². The van der Waals surface area contributed by atoms with Crippen molar-refractivity contribution in [3.63, 3.8) is 0 Å². The van der Waals surface area contributed by atoms with Crippen molar-refractivity contribution in [1.29, 1.82) is 0 Å². The van der Waals surface area contributed by atoms with E-state index in [-0.39, 0.29) is 18.5 Å². The maximum atomic E-state index is 11.8. The fraction of sp³-hybridized carbons (Fsp3) is 0.385. The number of rotatable bonds is 7. The highest BCUT2D eigenvalue weighted by Crippen LogP contribution is 2.09. The molecule has 0 radical (unpaired) electrons. The van der Waals surface area contributed by atoms with E-state index in [1.54, 1.807) is 18.2 Å². The number of ether oxygens (including phenoxy) is 1. The van der Waals surface area contributed by atoms with Crippen LogP contribution in [-0.4, -0.2) is 44.4 Å². The number of sulfonamides is 1. The van der Waals surface area contributed by atoms with Gasteiger partial charge in [-0.2, -0.15) is 0 Å². The van der Waals surface area contributed by atoms with E-state index in [1.165, 1.54) is 13.0 Å². The molecule has 1 aromatic rings. The summed E-state index contributed by atoms with van der Waals surface area (Å²) in [5.41, 5.74) is 0.635. The van der Waals surface area contributed by atoms with E-state index < -0.39 is 27.2 Å². The third-order valence-corrected chi connectivity index (χ3v) is 4.67. The number of hydrogen-bond acceptors (Lipinski definition) is 5. The Labute approximate surface area is 123 Å². The topological polar surface area (TPSA) is 110 Å². The Morgan fingerprint density at radius 1 is 1.33 bits per heavy atom. The molecule has 0 bridgehead atoms. The number of methoxy groups -OCH3 is 1. The van der Waals surface area contributed by atoms with Gasteiger partial charge < -0.3 is 9.84 Å². The zero-order chi connectivity index (χ0) is 16.0. The first kappa shape index (κ1) is 17.1. The van der Waals surface area contributed by atoms with Crippen LogP contribution in [0.1, 0.15) is 22.8 Å². The summed E-state index contributed by atoms with van der Waals surface area (Å²) in [6, 6.07) is 6.33. The standard InChI is InChI=1S/C13H17NO6S/c1-9(13(17)20-2)21(18,19)14-8-7-10-5-3-4-6-11(10)12(15)16/h3-6,9,14H,7-8H2,1-2H3,(H,15,16). The molecule has 7 nitrogen and oxygen atoms in total. The van der Waals surface area contributed by atoms with Gasteiger partial charge in [0.2, 0.25) is 10.0 Å². The van der Waals surface area contributed by atoms with Crippen LogP contribution in [0.15, 0.2) is 24.3 Å². The van der Waals surface area contributed by atoms with E-state index in [4.69, 9.17) is 5.11 Å². The number of hydrogen-bond donors (Lipinski definition) is 2. The van der Waals surface area contributed by atoms with Gasteiger partial charge in [0.05, 0.1) is 12.7 Å². The van der Waals surface area contributed by atoms with E-state index in [2.05, 4.69) is 9.46 Å². The molecule has 1 unspecified atom stereocenters. The van der Waals surface area contributed by atoms with Gasteiger partial charge in [0.1, 0.15) is 0 Å². The van der Waals surface area contributed by atoms with Gasteiger partial charge in [-0.05, 0) is 25.0 Å². The van der Waals surface area contributed by atoms with Gasteiger partial charge in [-0.25, -0.2) is 17.9 Å². The van der Waals surface area contributed by atoms with Crippen molar-refractivity contribution in [2.24, 2.45) is 0 Å². The molecule has 21 heavy (non-hydrogen) atoms. The quantitative estimate of drug-likeness (QED) is 0.705. The largest absolute Gasteiger partial charge is 0.478 e. The van der Waals surface area contributed by atoms with Gasteiger partial charge in [-0.15, -0.1) is 0 Å². The van der Waals surface area contributed by atoms with E-state index >= 15 is 0 Å². The highest BCUT2D eigenvalue weighted by Gasteiger charge is 2.28. The van der Waals surface area contributed by atoms with Crippen LogP contribution in [-0.2, 0) is 26.0 Å².